The van der Waals surface area contributed by atoms with Gasteiger partial charge in [-0.1, -0.05) is 24.3 Å². The minimum absolute atomic E-state index is 0.0832. The van der Waals surface area contributed by atoms with Gasteiger partial charge in [0.05, 0.1) is 31.7 Å². The molecule has 0 saturated heterocycles. The molecule has 3 aromatic heterocycles. The molecular formula is C37H38N6O4. The van der Waals surface area contributed by atoms with Gasteiger partial charge in [0.2, 0.25) is 11.8 Å². The third-order valence-corrected chi connectivity index (χ3v) is 8.44. The first kappa shape index (κ1) is 31.5. The second-order valence-electron chi connectivity index (χ2n) is 11.7. The fourth-order valence-corrected chi connectivity index (χ4v) is 5.72. The molecule has 10 heteroatoms. The largest absolute Gasteiger partial charge is 0.497 e. The van der Waals surface area contributed by atoms with Crippen molar-refractivity contribution in [1.29, 1.82) is 0 Å². The summed E-state index contributed by atoms with van der Waals surface area (Å²) in [4.78, 5) is 41.8. The molecule has 0 spiro atoms. The molecule has 0 radical (unpaired) electrons. The van der Waals surface area contributed by atoms with Crippen molar-refractivity contribution in [1.82, 2.24) is 20.3 Å². The molecule has 1 aliphatic carbocycles. The Balaban J connectivity index is 1.41. The summed E-state index contributed by atoms with van der Waals surface area (Å²) in [5, 5.41) is 7.45. The smallest absolute Gasteiger partial charge is 0.229 e. The Morgan fingerprint density at radius 3 is 2.11 bits per heavy atom. The van der Waals surface area contributed by atoms with Crippen molar-refractivity contribution in [3.63, 3.8) is 0 Å². The van der Waals surface area contributed by atoms with Crippen LogP contribution in [0.15, 0.2) is 85.3 Å². The fraction of sp³-hybridized carbons (Fsp3) is 0.270. The molecule has 2 N–H and O–H groups in total. The fourth-order valence-electron chi connectivity index (χ4n) is 5.72. The molecule has 0 aliphatic heterocycles. The van der Waals surface area contributed by atoms with E-state index in [1.165, 1.54) is 0 Å². The van der Waals surface area contributed by atoms with Crippen molar-refractivity contribution in [2.75, 3.05) is 31.0 Å². The number of pyridine rings is 3. The van der Waals surface area contributed by atoms with Crippen LogP contribution in [0.5, 0.6) is 11.5 Å². The van der Waals surface area contributed by atoms with Crippen LogP contribution in [0.2, 0.25) is 0 Å². The lowest BCUT2D eigenvalue weighted by Gasteiger charge is -2.26. The molecule has 0 bridgehead atoms. The van der Waals surface area contributed by atoms with Crippen LogP contribution in [-0.2, 0) is 22.7 Å². The topological polar surface area (TPSA) is 119 Å². The van der Waals surface area contributed by atoms with E-state index in [2.05, 4.69) is 49.8 Å². The van der Waals surface area contributed by atoms with Crippen LogP contribution >= 0.6 is 0 Å². The molecule has 3 heterocycles. The normalized spacial score (nSPS) is 15.1. The highest BCUT2D eigenvalue weighted by atomic mass is 16.5. The predicted molar refractivity (Wildman–Crippen MR) is 182 cm³/mol. The zero-order valence-electron chi connectivity index (χ0n) is 27.0. The van der Waals surface area contributed by atoms with E-state index in [9.17, 15) is 9.59 Å². The maximum atomic E-state index is 13.1. The van der Waals surface area contributed by atoms with E-state index < -0.39 is 0 Å². The van der Waals surface area contributed by atoms with Crippen molar-refractivity contribution in [2.45, 2.75) is 33.4 Å². The lowest BCUT2D eigenvalue weighted by Crippen LogP contribution is -2.27. The number of ether oxygens (including phenoxy) is 2. The average molecular weight is 631 g/mol. The van der Waals surface area contributed by atoms with E-state index in [4.69, 9.17) is 14.5 Å². The Kier molecular flexibility index (Phi) is 9.28. The van der Waals surface area contributed by atoms with Gasteiger partial charge in [0, 0.05) is 49.2 Å². The van der Waals surface area contributed by atoms with Gasteiger partial charge in [0.15, 0.2) is 0 Å². The van der Waals surface area contributed by atoms with Gasteiger partial charge in [-0.15, -0.1) is 0 Å². The molecule has 10 nitrogen and oxygen atoms in total. The predicted octanol–water partition coefficient (Wildman–Crippen LogP) is 5.93. The number of nitrogens with one attached hydrogen (secondary N) is 2. The minimum atomic E-state index is -0.356. The summed E-state index contributed by atoms with van der Waals surface area (Å²) in [5.41, 5.74) is 4.88. The summed E-state index contributed by atoms with van der Waals surface area (Å²) in [6, 6.07) is 21.9. The van der Waals surface area contributed by atoms with E-state index >= 15 is 0 Å². The van der Waals surface area contributed by atoms with Crippen molar-refractivity contribution in [3.8, 4) is 22.8 Å². The molecule has 2 unspecified atom stereocenters. The van der Waals surface area contributed by atoms with Gasteiger partial charge in [-0.05, 0) is 84.8 Å². The van der Waals surface area contributed by atoms with Crippen LogP contribution in [0.1, 0.15) is 30.0 Å². The summed E-state index contributed by atoms with van der Waals surface area (Å²) in [6.45, 7) is 5.57. The van der Waals surface area contributed by atoms with E-state index in [0.717, 1.165) is 56.0 Å². The average Bonchev–Trinajstić information content (AvgIpc) is 3.90. The standard InChI is InChI=1S/C37H38N6O4/c1-5-39-36(44)29-18-30(29)37(45)42-34-17-26-16-33(31-19-38-15-14-23(31)2)41-35(32(26)20-40-34)43(21-24-6-10-27(46-3)11-7-24)22-25-8-12-28(47-4)13-9-25/h6-17,19-20,29-30H,5,18,21-22H2,1-4H3,(H,39,44)(H,40,42,45). The number of hydrogen-bond donors (Lipinski definition) is 2. The first-order valence-corrected chi connectivity index (χ1v) is 15.7. The molecule has 6 rings (SSSR count). The van der Waals surface area contributed by atoms with Crippen LogP contribution in [-0.4, -0.2) is 47.5 Å². The monoisotopic (exact) mass is 630 g/mol. The lowest BCUT2D eigenvalue weighted by molar-refractivity contribution is -0.125. The summed E-state index contributed by atoms with van der Waals surface area (Å²) >= 11 is 0. The Labute approximate surface area is 274 Å². The zero-order chi connectivity index (χ0) is 32.9. The number of aromatic nitrogens is 3. The van der Waals surface area contributed by atoms with Gasteiger partial charge in [-0.25, -0.2) is 9.97 Å². The molecule has 1 saturated carbocycles. The molecule has 2 atom stereocenters. The number of rotatable bonds is 12. The first-order valence-electron chi connectivity index (χ1n) is 15.7. The second-order valence-corrected chi connectivity index (χ2v) is 11.7. The third kappa shape index (κ3) is 7.17. The van der Waals surface area contributed by atoms with Crippen LogP contribution in [0.25, 0.3) is 22.0 Å². The van der Waals surface area contributed by atoms with Gasteiger partial charge in [-0.2, -0.15) is 0 Å². The molecule has 5 aromatic rings. The second kappa shape index (κ2) is 13.9. The van der Waals surface area contributed by atoms with Crippen LogP contribution in [0.4, 0.5) is 11.6 Å². The summed E-state index contributed by atoms with van der Waals surface area (Å²) in [6.07, 6.45) is 5.89. The number of methoxy groups -OCH3 is 2. The first-order chi connectivity index (χ1) is 22.9. The molecule has 1 fully saturated rings. The van der Waals surface area contributed by atoms with E-state index in [0.29, 0.717) is 31.9 Å². The van der Waals surface area contributed by atoms with Crippen LogP contribution in [0.3, 0.4) is 0 Å². The number of anilines is 2. The van der Waals surface area contributed by atoms with Crippen molar-refractivity contribution < 1.29 is 19.1 Å². The Morgan fingerprint density at radius 2 is 1.51 bits per heavy atom. The number of benzene rings is 2. The molecule has 240 valence electrons. The van der Waals surface area contributed by atoms with E-state index in [1.807, 2.05) is 62.5 Å². The molecule has 2 amide bonds. The summed E-state index contributed by atoms with van der Waals surface area (Å²) < 4.78 is 10.8. The van der Waals surface area contributed by atoms with E-state index in [1.54, 1.807) is 26.6 Å². The van der Waals surface area contributed by atoms with Gasteiger partial charge >= 0.3 is 0 Å². The zero-order valence-corrected chi connectivity index (χ0v) is 27.0. The maximum Gasteiger partial charge on any atom is 0.229 e. The quantitative estimate of drug-likeness (QED) is 0.174. The number of carbonyl (C=O) groups is 2. The van der Waals surface area contributed by atoms with Gasteiger partial charge in [-0.3, -0.25) is 14.6 Å². The molecule has 47 heavy (non-hydrogen) atoms. The highest BCUT2D eigenvalue weighted by Crippen LogP contribution is 2.40. The number of carbonyl (C=O) groups excluding carboxylic acids is 2. The molecule has 1 aliphatic rings. The Morgan fingerprint density at radius 1 is 0.872 bits per heavy atom. The van der Waals surface area contributed by atoms with Crippen molar-refractivity contribution >= 4 is 34.2 Å². The van der Waals surface area contributed by atoms with Crippen LogP contribution in [0, 0.1) is 18.8 Å². The highest BCUT2D eigenvalue weighted by Gasteiger charge is 2.47. The number of aryl methyl sites for hydroxylation is 1. The van der Waals surface area contributed by atoms with Crippen molar-refractivity contribution in [2.24, 2.45) is 11.8 Å². The number of nitrogens with zero attached hydrogens (tertiary/aromatic N) is 4. The maximum absolute atomic E-state index is 13.1. The highest BCUT2D eigenvalue weighted by molar-refractivity contribution is 6.01. The Hall–Kier alpha value is -5.51. The van der Waals surface area contributed by atoms with Gasteiger partial charge < -0.3 is 25.0 Å². The van der Waals surface area contributed by atoms with Crippen molar-refractivity contribution in [3.05, 3.63) is 102 Å². The SMILES string of the molecule is CCNC(=O)C1CC1C(=O)Nc1cc2cc(-c3cnccc3C)nc(N(Cc3ccc(OC)cc3)Cc3ccc(OC)cc3)c2cn1. The molecular weight excluding hydrogens is 592 g/mol. The third-order valence-electron chi connectivity index (χ3n) is 8.44. The Bertz CT molecular complexity index is 1850. The lowest BCUT2D eigenvalue weighted by atomic mass is 10.0. The summed E-state index contributed by atoms with van der Waals surface area (Å²) in [7, 11) is 3.31. The number of hydrogen-bond acceptors (Lipinski definition) is 8. The molecule has 2 aromatic carbocycles. The summed E-state index contributed by atoms with van der Waals surface area (Å²) in [5.74, 6) is 1.81. The van der Waals surface area contributed by atoms with Crippen LogP contribution < -0.4 is 25.0 Å². The number of fused-ring (bicyclic) bond motifs is 1. The minimum Gasteiger partial charge on any atom is -0.497 e. The van der Waals surface area contributed by atoms with Gasteiger partial charge in [0.1, 0.15) is 23.1 Å². The number of amides is 2. The van der Waals surface area contributed by atoms with Gasteiger partial charge in [0.25, 0.3) is 0 Å². The van der Waals surface area contributed by atoms with E-state index in [-0.39, 0.29) is 23.7 Å².